The van der Waals surface area contributed by atoms with E-state index in [0.717, 1.165) is 5.69 Å². The number of methoxy groups -OCH3 is 1. The first-order valence-electron chi connectivity index (χ1n) is 4.81. The number of carbonyl (C=O) groups excluding carboxylic acids is 1. The van der Waals surface area contributed by atoms with Gasteiger partial charge in [0.1, 0.15) is 0 Å². The number of rotatable bonds is 2. The molecule has 0 aliphatic rings. The molecular weight excluding hydrogens is 206 g/mol. The first kappa shape index (κ1) is 12.0. The molecule has 0 unspecified atom stereocenters. The Morgan fingerprint density at radius 1 is 1.44 bits per heavy atom. The Labute approximate surface area is 94.5 Å². The van der Waals surface area contributed by atoms with E-state index in [-0.39, 0.29) is 5.97 Å². The molecule has 86 valence electrons. The van der Waals surface area contributed by atoms with E-state index in [0.29, 0.717) is 11.5 Å². The molecule has 1 rings (SSSR count). The van der Waals surface area contributed by atoms with E-state index in [4.69, 9.17) is 0 Å². The van der Waals surface area contributed by atoms with Crippen LogP contribution in [0.4, 0.5) is 5.69 Å². The van der Waals surface area contributed by atoms with Gasteiger partial charge in [0.15, 0.2) is 5.96 Å². The fraction of sp³-hybridized carbons (Fsp3) is 0.273. The van der Waals surface area contributed by atoms with E-state index in [1.54, 1.807) is 32.3 Å². The highest BCUT2D eigenvalue weighted by atomic mass is 16.5. The number of ether oxygens (including phenoxy) is 1. The van der Waals surface area contributed by atoms with Crippen molar-refractivity contribution >= 4 is 17.6 Å². The third-order valence-electron chi connectivity index (χ3n) is 2.01. The van der Waals surface area contributed by atoms with Crippen LogP contribution in [0.3, 0.4) is 0 Å². The maximum Gasteiger partial charge on any atom is 0.337 e. The fourth-order valence-electron chi connectivity index (χ4n) is 1.21. The van der Waals surface area contributed by atoms with Gasteiger partial charge in [-0.2, -0.15) is 0 Å². The minimum absolute atomic E-state index is 0.358. The van der Waals surface area contributed by atoms with Gasteiger partial charge in [0.05, 0.1) is 12.7 Å². The molecule has 0 amide bonds. The molecule has 0 fully saturated rings. The molecular formula is C11H15N3O2. The van der Waals surface area contributed by atoms with Gasteiger partial charge in [0.25, 0.3) is 0 Å². The Morgan fingerprint density at radius 3 is 2.75 bits per heavy atom. The van der Waals surface area contributed by atoms with Crippen molar-refractivity contribution in [2.45, 2.75) is 0 Å². The van der Waals surface area contributed by atoms with E-state index in [1.165, 1.54) is 7.11 Å². The molecule has 5 nitrogen and oxygen atoms in total. The van der Waals surface area contributed by atoms with Crippen molar-refractivity contribution in [2.24, 2.45) is 4.99 Å². The highest BCUT2D eigenvalue weighted by Crippen LogP contribution is 2.11. The van der Waals surface area contributed by atoms with Crippen molar-refractivity contribution in [1.29, 1.82) is 0 Å². The van der Waals surface area contributed by atoms with Crippen LogP contribution in [0.25, 0.3) is 0 Å². The highest BCUT2D eigenvalue weighted by molar-refractivity contribution is 5.95. The summed E-state index contributed by atoms with van der Waals surface area (Å²) in [7, 11) is 4.79. The molecule has 0 bridgehead atoms. The highest BCUT2D eigenvalue weighted by Gasteiger charge is 2.05. The van der Waals surface area contributed by atoms with Crippen LogP contribution in [0.1, 0.15) is 10.4 Å². The normalized spacial score (nSPS) is 10.8. The SMILES string of the molecule is C/N=C(/NC)Nc1cccc(C(=O)OC)c1. The zero-order valence-corrected chi connectivity index (χ0v) is 9.57. The summed E-state index contributed by atoms with van der Waals surface area (Å²) < 4.78 is 4.64. The minimum atomic E-state index is -0.358. The van der Waals surface area contributed by atoms with Crippen LogP contribution in [0.15, 0.2) is 29.3 Å². The van der Waals surface area contributed by atoms with Crippen LogP contribution in [0, 0.1) is 0 Å². The van der Waals surface area contributed by atoms with Crippen LogP contribution in [-0.4, -0.2) is 33.1 Å². The third kappa shape index (κ3) is 2.98. The van der Waals surface area contributed by atoms with Gasteiger partial charge in [-0.05, 0) is 18.2 Å². The lowest BCUT2D eigenvalue weighted by Crippen LogP contribution is -2.26. The van der Waals surface area contributed by atoms with Gasteiger partial charge in [-0.1, -0.05) is 6.07 Å². The monoisotopic (exact) mass is 221 g/mol. The second-order valence-corrected chi connectivity index (χ2v) is 3.02. The van der Waals surface area contributed by atoms with Gasteiger partial charge in [0.2, 0.25) is 0 Å². The van der Waals surface area contributed by atoms with E-state index in [9.17, 15) is 4.79 Å². The van der Waals surface area contributed by atoms with E-state index >= 15 is 0 Å². The Bertz CT molecular complexity index is 402. The zero-order chi connectivity index (χ0) is 12.0. The molecule has 2 N–H and O–H groups in total. The quantitative estimate of drug-likeness (QED) is 0.446. The van der Waals surface area contributed by atoms with Crippen molar-refractivity contribution in [1.82, 2.24) is 5.32 Å². The maximum absolute atomic E-state index is 11.3. The summed E-state index contributed by atoms with van der Waals surface area (Å²) in [5.74, 6) is 0.269. The van der Waals surface area contributed by atoms with Gasteiger partial charge in [-0.3, -0.25) is 4.99 Å². The molecule has 0 spiro atoms. The molecule has 1 aromatic carbocycles. The number of carbonyl (C=O) groups is 1. The fourth-order valence-corrected chi connectivity index (χ4v) is 1.21. The first-order valence-corrected chi connectivity index (χ1v) is 4.81. The van der Waals surface area contributed by atoms with Crippen LogP contribution in [0.5, 0.6) is 0 Å². The van der Waals surface area contributed by atoms with Gasteiger partial charge in [0, 0.05) is 19.8 Å². The number of hydrogen-bond donors (Lipinski definition) is 2. The lowest BCUT2D eigenvalue weighted by atomic mass is 10.2. The molecule has 0 aromatic heterocycles. The van der Waals surface area contributed by atoms with E-state index in [1.807, 2.05) is 6.07 Å². The second-order valence-electron chi connectivity index (χ2n) is 3.02. The van der Waals surface area contributed by atoms with Crippen LogP contribution in [0.2, 0.25) is 0 Å². The molecule has 0 aliphatic heterocycles. The number of esters is 1. The van der Waals surface area contributed by atoms with Gasteiger partial charge >= 0.3 is 5.97 Å². The number of nitrogens with zero attached hydrogens (tertiary/aromatic N) is 1. The van der Waals surface area contributed by atoms with Gasteiger partial charge in [-0.15, -0.1) is 0 Å². The molecule has 16 heavy (non-hydrogen) atoms. The Hall–Kier alpha value is -2.04. The number of hydrogen-bond acceptors (Lipinski definition) is 3. The third-order valence-corrected chi connectivity index (χ3v) is 2.01. The predicted molar refractivity (Wildman–Crippen MR) is 63.8 cm³/mol. The predicted octanol–water partition coefficient (Wildman–Crippen LogP) is 1.09. The number of guanidine groups is 1. The van der Waals surface area contributed by atoms with Crippen molar-refractivity contribution in [2.75, 3.05) is 26.5 Å². The van der Waals surface area contributed by atoms with Crippen molar-refractivity contribution in [3.05, 3.63) is 29.8 Å². The van der Waals surface area contributed by atoms with E-state index < -0.39 is 0 Å². The van der Waals surface area contributed by atoms with Crippen LogP contribution >= 0.6 is 0 Å². The lowest BCUT2D eigenvalue weighted by Gasteiger charge is -2.09. The standard InChI is InChI=1S/C11H15N3O2/c1-12-11(13-2)14-9-6-4-5-8(7-9)10(15)16-3/h4-7H,1-3H3,(H2,12,13,14). The van der Waals surface area contributed by atoms with Crippen LogP contribution < -0.4 is 10.6 Å². The Morgan fingerprint density at radius 2 is 2.19 bits per heavy atom. The maximum atomic E-state index is 11.3. The summed E-state index contributed by atoms with van der Waals surface area (Å²) in [6, 6.07) is 7.01. The first-order chi connectivity index (χ1) is 7.71. The topological polar surface area (TPSA) is 62.7 Å². The average Bonchev–Trinajstić information content (AvgIpc) is 2.35. The summed E-state index contributed by atoms with van der Waals surface area (Å²) >= 11 is 0. The molecule has 0 saturated heterocycles. The largest absolute Gasteiger partial charge is 0.465 e. The smallest absolute Gasteiger partial charge is 0.337 e. The molecule has 0 saturated carbocycles. The summed E-state index contributed by atoms with van der Waals surface area (Å²) in [5.41, 5.74) is 1.27. The van der Waals surface area contributed by atoms with Crippen LogP contribution in [-0.2, 0) is 4.74 Å². The lowest BCUT2D eigenvalue weighted by molar-refractivity contribution is 0.0601. The molecule has 1 aromatic rings. The average molecular weight is 221 g/mol. The zero-order valence-electron chi connectivity index (χ0n) is 9.57. The molecule has 0 aliphatic carbocycles. The summed E-state index contributed by atoms with van der Waals surface area (Å²) in [4.78, 5) is 15.3. The minimum Gasteiger partial charge on any atom is -0.465 e. The summed E-state index contributed by atoms with van der Waals surface area (Å²) in [5, 5.41) is 5.91. The number of nitrogens with one attached hydrogen (secondary N) is 2. The van der Waals surface area contributed by atoms with E-state index in [2.05, 4.69) is 20.4 Å². The van der Waals surface area contributed by atoms with Crippen molar-refractivity contribution < 1.29 is 9.53 Å². The van der Waals surface area contributed by atoms with Crippen molar-refractivity contribution in [3.63, 3.8) is 0 Å². The Balaban J connectivity index is 2.86. The molecule has 5 heteroatoms. The summed E-state index contributed by atoms with van der Waals surface area (Å²) in [6.45, 7) is 0. The number of aliphatic imine (C=N–C) groups is 1. The Kier molecular flexibility index (Phi) is 4.32. The molecule has 0 heterocycles. The molecule has 0 atom stereocenters. The van der Waals surface area contributed by atoms with Crippen molar-refractivity contribution in [3.8, 4) is 0 Å². The van der Waals surface area contributed by atoms with Gasteiger partial charge < -0.3 is 15.4 Å². The number of benzene rings is 1. The number of anilines is 1. The second kappa shape index (κ2) is 5.75. The summed E-state index contributed by atoms with van der Waals surface area (Å²) in [6.07, 6.45) is 0. The molecule has 0 radical (unpaired) electrons. The van der Waals surface area contributed by atoms with Gasteiger partial charge in [-0.25, -0.2) is 4.79 Å².